The van der Waals surface area contributed by atoms with Crippen LogP contribution in [0.25, 0.3) is 0 Å². The Labute approximate surface area is 56.5 Å². The maximum atomic E-state index is 10.8. The van der Waals surface area contributed by atoms with Crippen molar-refractivity contribution in [2.24, 2.45) is 0 Å². The zero-order valence-corrected chi connectivity index (χ0v) is 6.75. The van der Waals surface area contributed by atoms with Gasteiger partial charge in [0, 0.05) is 7.05 Å². The van der Waals surface area contributed by atoms with Crippen molar-refractivity contribution in [3.63, 3.8) is 0 Å². The molecule has 0 spiro atoms. The quantitative estimate of drug-likeness (QED) is 0.591. The summed E-state index contributed by atoms with van der Waals surface area (Å²) in [5, 5.41) is 0. The lowest BCUT2D eigenvalue weighted by atomic mass is 10.3. The summed E-state index contributed by atoms with van der Waals surface area (Å²) in [5.74, 6) is 0. The van der Waals surface area contributed by atoms with Crippen LogP contribution in [-0.2, 0) is 10.0 Å². The van der Waals surface area contributed by atoms with Gasteiger partial charge in [-0.1, -0.05) is 0 Å². The maximum absolute atomic E-state index is 10.8. The number of nitrogens with one attached hydrogen (secondary N) is 1. The molecule has 1 N–H and O–H groups in total. The minimum Gasteiger partial charge on any atom is -0.213 e. The zero-order valence-electron chi connectivity index (χ0n) is 5.93. The van der Waals surface area contributed by atoms with E-state index in [0.29, 0.717) is 0 Å². The molecule has 0 aliphatic carbocycles. The molecule has 0 aliphatic rings. The molecule has 4 heteroatoms. The predicted molar refractivity (Wildman–Crippen MR) is 37.2 cm³/mol. The summed E-state index contributed by atoms with van der Waals surface area (Å²) in [6.45, 7) is 4.83. The molecule has 0 bridgehead atoms. The Morgan fingerprint density at radius 3 is 1.67 bits per heavy atom. The summed E-state index contributed by atoms with van der Waals surface area (Å²) >= 11 is 0. The van der Waals surface area contributed by atoms with Gasteiger partial charge < -0.3 is 0 Å². The first-order valence-electron chi connectivity index (χ1n) is 2.60. The van der Waals surface area contributed by atoms with Crippen LogP contribution in [0.2, 0.25) is 0 Å². The van der Waals surface area contributed by atoms with Gasteiger partial charge in [0.15, 0.2) is 0 Å². The second-order valence-corrected chi connectivity index (χ2v) is 5.28. The minimum absolute atomic E-state index is 0.755. The zero-order chi connectivity index (χ0) is 7.71. The van der Waals surface area contributed by atoms with Crippen LogP contribution < -0.4 is 4.72 Å². The van der Waals surface area contributed by atoms with Gasteiger partial charge in [0.1, 0.15) is 0 Å². The van der Waals surface area contributed by atoms with Crippen molar-refractivity contribution in [3.05, 3.63) is 7.05 Å². The molecule has 0 saturated carbocycles. The Hall–Kier alpha value is -0.0900. The number of rotatable bonds is 1. The predicted octanol–water partition coefficient (Wildman–Crippen LogP) is 0.496. The third-order valence-electron chi connectivity index (χ3n) is 0.996. The van der Waals surface area contributed by atoms with Crippen LogP contribution in [0, 0.1) is 7.05 Å². The highest BCUT2D eigenvalue weighted by Crippen LogP contribution is 2.11. The van der Waals surface area contributed by atoms with E-state index < -0.39 is 14.8 Å². The van der Waals surface area contributed by atoms with Crippen LogP contribution in [-0.4, -0.2) is 13.2 Å². The van der Waals surface area contributed by atoms with E-state index in [1.54, 1.807) is 20.8 Å². The smallest absolute Gasteiger partial charge is 0.213 e. The van der Waals surface area contributed by atoms with E-state index in [9.17, 15) is 8.42 Å². The Morgan fingerprint density at radius 2 is 1.67 bits per heavy atom. The fourth-order valence-corrected chi connectivity index (χ4v) is 0.650. The highest BCUT2D eigenvalue weighted by atomic mass is 32.2. The van der Waals surface area contributed by atoms with Crippen LogP contribution in [0.15, 0.2) is 0 Å². The molecule has 55 valence electrons. The van der Waals surface area contributed by atoms with Gasteiger partial charge >= 0.3 is 0 Å². The fraction of sp³-hybridized carbons (Fsp3) is 0.800. The molecule has 0 amide bonds. The molecule has 0 aromatic heterocycles. The Balaban J connectivity index is 4.57. The van der Waals surface area contributed by atoms with Crippen molar-refractivity contribution < 1.29 is 8.42 Å². The third kappa shape index (κ3) is 1.95. The number of hydrogen-bond acceptors (Lipinski definition) is 2. The lowest BCUT2D eigenvalue weighted by Crippen LogP contribution is -2.36. The van der Waals surface area contributed by atoms with E-state index in [-0.39, 0.29) is 0 Å². The maximum Gasteiger partial charge on any atom is 0.216 e. The lowest BCUT2D eigenvalue weighted by molar-refractivity contribution is 0.554. The number of hydrogen-bond donors (Lipinski definition) is 1. The molecule has 0 heterocycles. The number of sulfonamides is 1. The average molecular weight is 150 g/mol. The van der Waals surface area contributed by atoms with Gasteiger partial charge in [-0.15, -0.1) is 0 Å². The topological polar surface area (TPSA) is 46.2 Å². The van der Waals surface area contributed by atoms with E-state index in [0.717, 1.165) is 0 Å². The van der Waals surface area contributed by atoms with Gasteiger partial charge in [-0.25, -0.2) is 13.1 Å². The van der Waals surface area contributed by atoms with Gasteiger partial charge in [0.2, 0.25) is 10.0 Å². The summed E-state index contributed by atoms with van der Waals surface area (Å²) in [4.78, 5) is 0. The first-order chi connectivity index (χ1) is 3.81. The van der Waals surface area contributed by atoms with Crippen LogP contribution in [0.5, 0.6) is 0 Å². The monoisotopic (exact) mass is 150 g/mol. The van der Waals surface area contributed by atoms with Crippen LogP contribution >= 0.6 is 0 Å². The standard InChI is InChI=1S/C5H12NO2S/c1-5(2,3)9(7,8)6-4/h6H,4H2,1-3H3. The van der Waals surface area contributed by atoms with Crippen LogP contribution in [0.3, 0.4) is 0 Å². The van der Waals surface area contributed by atoms with Crippen molar-refractivity contribution in [2.75, 3.05) is 0 Å². The third-order valence-corrected chi connectivity index (χ3v) is 2.99. The average Bonchev–Trinajstić information content (AvgIpc) is 1.64. The van der Waals surface area contributed by atoms with Crippen molar-refractivity contribution in [3.8, 4) is 0 Å². The van der Waals surface area contributed by atoms with E-state index >= 15 is 0 Å². The van der Waals surface area contributed by atoms with Gasteiger partial charge in [0.05, 0.1) is 4.75 Å². The second-order valence-electron chi connectivity index (χ2n) is 2.76. The highest BCUT2D eigenvalue weighted by Gasteiger charge is 2.26. The van der Waals surface area contributed by atoms with Gasteiger partial charge in [-0.2, -0.15) is 0 Å². The van der Waals surface area contributed by atoms with Crippen molar-refractivity contribution in [2.45, 2.75) is 25.5 Å². The van der Waals surface area contributed by atoms with Crippen LogP contribution in [0.4, 0.5) is 0 Å². The Morgan fingerprint density at radius 1 is 1.33 bits per heavy atom. The highest BCUT2D eigenvalue weighted by molar-refractivity contribution is 7.90. The van der Waals surface area contributed by atoms with Gasteiger partial charge in [-0.3, -0.25) is 0 Å². The van der Waals surface area contributed by atoms with Gasteiger partial charge in [0.25, 0.3) is 0 Å². The molecular formula is C5H12NO2S. The molecule has 0 aromatic carbocycles. The van der Waals surface area contributed by atoms with Gasteiger partial charge in [-0.05, 0) is 20.8 Å². The first kappa shape index (κ1) is 8.91. The molecule has 0 rings (SSSR count). The molecule has 0 atom stereocenters. The fourth-order valence-electron chi connectivity index (χ4n) is 0.217. The molecule has 3 nitrogen and oxygen atoms in total. The van der Waals surface area contributed by atoms with Crippen molar-refractivity contribution >= 4 is 10.0 Å². The first-order valence-corrected chi connectivity index (χ1v) is 4.08. The SMILES string of the molecule is [CH2]NS(=O)(=O)C(C)(C)C. The summed E-state index contributed by atoms with van der Waals surface area (Å²) in [6, 6.07) is 0. The molecular weight excluding hydrogens is 138 g/mol. The Kier molecular flexibility index (Phi) is 2.24. The summed E-state index contributed by atoms with van der Waals surface area (Å²) < 4.78 is 22.9. The molecule has 9 heavy (non-hydrogen) atoms. The van der Waals surface area contributed by atoms with E-state index in [1.165, 1.54) is 0 Å². The van der Waals surface area contributed by atoms with Crippen molar-refractivity contribution in [1.82, 2.24) is 4.72 Å². The molecule has 0 unspecified atom stereocenters. The Bertz CT molecular complexity index is 176. The minimum atomic E-state index is -3.20. The molecule has 0 aliphatic heterocycles. The largest absolute Gasteiger partial charge is 0.216 e. The summed E-state index contributed by atoms with van der Waals surface area (Å²) in [6.07, 6.45) is 0. The molecule has 0 aromatic rings. The van der Waals surface area contributed by atoms with E-state index in [2.05, 4.69) is 7.05 Å². The van der Waals surface area contributed by atoms with E-state index in [4.69, 9.17) is 0 Å². The second kappa shape index (κ2) is 2.27. The summed E-state index contributed by atoms with van der Waals surface area (Å²) in [7, 11) is -0.111. The van der Waals surface area contributed by atoms with E-state index in [1.807, 2.05) is 4.72 Å². The normalized spacial score (nSPS) is 13.8. The molecule has 0 saturated heterocycles. The molecule has 0 fully saturated rings. The van der Waals surface area contributed by atoms with Crippen molar-refractivity contribution in [1.29, 1.82) is 0 Å². The summed E-state index contributed by atoms with van der Waals surface area (Å²) in [5.41, 5.74) is 0. The molecule has 1 radical (unpaired) electrons. The lowest BCUT2D eigenvalue weighted by Gasteiger charge is -2.17. The van der Waals surface area contributed by atoms with Crippen LogP contribution in [0.1, 0.15) is 20.8 Å².